The predicted molar refractivity (Wildman–Crippen MR) is 71.3 cm³/mol. The third-order valence-corrected chi connectivity index (χ3v) is 3.57. The van der Waals surface area contributed by atoms with Crippen molar-refractivity contribution < 1.29 is 4.79 Å². The molecular formula is C14H21N3O. The lowest BCUT2D eigenvalue weighted by Gasteiger charge is -2.29. The van der Waals surface area contributed by atoms with Gasteiger partial charge in [0.05, 0.1) is 5.56 Å². The minimum absolute atomic E-state index is 0.0693. The molecule has 1 aromatic heterocycles. The van der Waals surface area contributed by atoms with Crippen LogP contribution in [0.5, 0.6) is 0 Å². The standard InChI is InChI=1S/C14H21N3O/c1-11-6-7-12(10-16-11)14(18)17-8-4-2-3-5-13(17)9-15/h6-7,10,13H,2-5,8-9,15H2,1H3. The van der Waals surface area contributed by atoms with Gasteiger partial charge in [-0.1, -0.05) is 12.8 Å². The Morgan fingerprint density at radius 2 is 2.28 bits per heavy atom. The molecule has 4 heteroatoms. The first kappa shape index (κ1) is 13.0. The lowest BCUT2D eigenvalue weighted by Crippen LogP contribution is -2.44. The van der Waals surface area contributed by atoms with E-state index in [4.69, 9.17) is 5.73 Å². The van der Waals surface area contributed by atoms with Crippen LogP contribution in [0.15, 0.2) is 18.3 Å². The van der Waals surface area contributed by atoms with E-state index < -0.39 is 0 Å². The van der Waals surface area contributed by atoms with E-state index in [1.54, 1.807) is 6.20 Å². The van der Waals surface area contributed by atoms with Crippen LogP contribution >= 0.6 is 0 Å². The minimum atomic E-state index is 0.0693. The van der Waals surface area contributed by atoms with Gasteiger partial charge in [0.15, 0.2) is 0 Å². The van der Waals surface area contributed by atoms with Crippen molar-refractivity contribution in [2.24, 2.45) is 5.73 Å². The fourth-order valence-electron chi connectivity index (χ4n) is 2.45. The largest absolute Gasteiger partial charge is 0.334 e. The molecule has 0 spiro atoms. The molecule has 0 radical (unpaired) electrons. The number of amides is 1. The number of carbonyl (C=O) groups is 1. The lowest BCUT2D eigenvalue weighted by molar-refractivity contribution is 0.0688. The van der Waals surface area contributed by atoms with E-state index in [1.165, 1.54) is 6.42 Å². The molecule has 1 aliphatic rings. The normalized spacial score (nSPS) is 20.6. The Morgan fingerprint density at radius 3 is 2.94 bits per heavy atom. The maximum atomic E-state index is 12.5. The fourth-order valence-corrected chi connectivity index (χ4v) is 2.45. The summed E-state index contributed by atoms with van der Waals surface area (Å²) in [5, 5.41) is 0. The number of nitrogens with zero attached hydrogens (tertiary/aromatic N) is 2. The minimum Gasteiger partial charge on any atom is -0.334 e. The molecule has 2 rings (SSSR count). The van der Waals surface area contributed by atoms with Gasteiger partial charge in [-0.25, -0.2) is 0 Å². The first-order chi connectivity index (χ1) is 8.72. The molecule has 18 heavy (non-hydrogen) atoms. The first-order valence-electron chi connectivity index (χ1n) is 6.66. The highest BCUT2D eigenvalue weighted by molar-refractivity contribution is 5.94. The van der Waals surface area contributed by atoms with Gasteiger partial charge >= 0.3 is 0 Å². The smallest absolute Gasteiger partial charge is 0.255 e. The zero-order chi connectivity index (χ0) is 13.0. The van der Waals surface area contributed by atoms with Crippen molar-refractivity contribution in [1.82, 2.24) is 9.88 Å². The number of aryl methyl sites for hydroxylation is 1. The molecule has 2 heterocycles. The molecule has 2 N–H and O–H groups in total. The van der Waals surface area contributed by atoms with Gasteiger partial charge in [0.1, 0.15) is 0 Å². The molecule has 0 aromatic carbocycles. The maximum Gasteiger partial charge on any atom is 0.255 e. The Labute approximate surface area is 108 Å². The number of nitrogens with two attached hydrogens (primary N) is 1. The van der Waals surface area contributed by atoms with Crippen molar-refractivity contribution in [2.75, 3.05) is 13.1 Å². The molecule has 1 saturated heterocycles. The molecule has 1 atom stereocenters. The van der Waals surface area contributed by atoms with Crippen LogP contribution in [0.3, 0.4) is 0 Å². The van der Waals surface area contributed by atoms with Crippen molar-refractivity contribution in [3.63, 3.8) is 0 Å². The van der Waals surface area contributed by atoms with Crippen LogP contribution < -0.4 is 5.73 Å². The van der Waals surface area contributed by atoms with E-state index in [0.717, 1.165) is 31.5 Å². The molecule has 0 saturated carbocycles. The second kappa shape index (κ2) is 5.96. The van der Waals surface area contributed by atoms with Crippen molar-refractivity contribution in [1.29, 1.82) is 0 Å². The molecule has 1 aliphatic heterocycles. The Balaban J connectivity index is 2.17. The van der Waals surface area contributed by atoms with E-state index >= 15 is 0 Å². The Kier molecular flexibility index (Phi) is 4.31. The summed E-state index contributed by atoms with van der Waals surface area (Å²) in [5.41, 5.74) is 7.39. The van der Waals surface area contributed by atoms with Gasteiger partial charge in [-0.3, -0.25) is 9.78 Å². The van der Waals surface area contributed by atoms with Gasteiger partial charge in [-0.15, -0.1) is 0 Å². The number of hydrogen-bond acceptors (Lipinski definition) is 3. The molecule has 1 aromatic rings. The topological polar surface area (TPSA) is 59.2 Å². The van der Waals surface area contributed by atoms with Crippen molar-refractivity contribution in [3.8, 4) is 0 Å². The molecule has 1 unspecified atom stereocenters. The Bertz CT molecular complexity index is 402. The van der Waals surface area contributed by atoms with Crippen LogP contribution in [0, 0.1) is 6.92 Å². The number of carbonyl (C=O) groups excluding carboxylic acids is 1. The summed E-state index contributed by atoms with van der Waals surface area (Å²) in [7, 11) is 0. The summed E-state index contributed by atoms with van der Waals surface area (Å²) < 4.78 is 0. The second-order valence-electron chi connectivity index (χ2n) is 4.93. The van der Waals surface area contributed by atoms with Crippen LogP contribution in [-0.2, 0) is 0 Å². The van der Waals surface area contributed by atoms with Crippen LogP contribution in [0.25, 0.3) is 0 Å². The van der Waals surface area contributed by atoms with Crippen LogP contribution in [0.4, 0.5) is 0 Å². The van der Waals surface area contributed by atoms with Gasteiger partial charge in [0.25, 0.3) is 5.91 Å². The van der Waals surface area contributed by atoms with Crippen molar-refractivity contribution >= 4 is 5.91 Å². The summed E-state index contributed by atoms with van der Waals surface area (Å²) in [5.74, 6) is 0.0693. The SMILES string of the molecule is Cc1ccc(C(=O)N2CCCCCC2CN)cn1. The van der Waals surface area contributed by atoms with E-state index in [9.17, 15) is 4.79 Å². The van der Waals surface area contributed by atoms with E-state index in [0.29, 0.717) is 12.1 Å². The molecule has 1 amide bonds. The summed E-state index contributed by atoms with van der Waals surface area (Å²) in [4.78, 5) is 18.6. The van der Waals surface area contributed by atoms with Crippen LogP contribution in [0.2, 0.25) is 0 Å². The number of aromatic nitrogens is 1. The highest BCUT2D eigenvalue weighted by atomic mass is 16.2. The molecule has 1 fully saturated rings. The van der Waals surface area contributed by atoms with Crippen LogP contribution in [-0.4, -0.2) is 34.9 Å². The first-order valence-corrected chi connectivity index (χ1v) is 6.66. The molecular weight excluding hydrogens is 226 g/mol. The monoisotopic (exact) mass is 247 g/mol. The number of rotatable bonds is 2. The molecule has 0 bridgehead atoms. The zero-order valence-electron chi connectivity index (χ0n) is 10.9. The average Bonchev–Trinajstić information content (AvgIpc) is 2.63. The average molecular weight is 247 g/mol. The van der Waals surface area contributed by atoms with Crippen molar-refractivity contribution in [3.05, 3.63) is 29.6 Å². The summed E-state index contributed by atoms with van der Waals surface area (Å²) in [6, 6.07) is 3.91. The Morgan fingerprint density at radius 1 is 1.44 bits per heavy atom. The van der Waals surface area contributed by atoms with Gasteiger partial charge in [-0.2, -0.15) is 0 Å². The van der Waals surface area contributed by atoms with Crippen LogP contribution in [0.1, 0.15) is 41.7 Å². The van der Waals surface area contributed by atoms with Gasteiger partial charge in [-0.05, 0) is 31.9 Å². The molecule has 98 valence electrons. The fraction of sp³-hybridized carbons (Fsp3) is 0.571. The van der Waals surface area contributed by atoms with Gasteiger partial charge < -0.3 is 10.6 Å². The quantitative estimate of drug-likeness (QED) is 0.866. The molecule has 4 nitrogen and oxygen atoms in total. The third-order valence-electron chi connectivity index (χ3n) is 3.57. The highest BCUT2D eigenvalue weighted by Crippen LogP contribution is 2.18. The van der Waals surface area contributed by atoms with E-state index in [2.05, 4.69) is 4.98 Å². The van der Waals surface area contributed by atoms with Gasteiger partial charge in [0, 0.05) is 31.0 Å². The van der Waals surface area contributed by atoms with E-state index in [-0.39, 0.29) is 11.9 Å². The van der Waals surface area contributed by atoms with Crippen molar-refractivity contribution in [2.45, 2.75) is 38.6 Å². The predicted octanol–water partition coefficient (Wildman–Crippen LogP) is 1.73. The van der Waals surface area contributed by atoms with Gasteiger partial charge in [0.2, 0.25) is 0 Å². The maximum absolute atomic E-state index is 12.5. The summed E-state index contributed by atoms with van der Waals surface area (Å²) in [6.07, 6.45) is 6.10. The lowest BCUT2D eigenvalue weighted by atomic mass is 10.1. The molecule has 0 aliphatic carbocycles. The van der Waals surface area contributed by atoms with E-state index in [1.807, 2.05) is 24.0 Å². The Hall–Kier alpha value is -1.42. The second-order valence-corrected chi connectivity index (χ2v) is 4.93. The number of hydrogen-bond donors (Lipinski definition) is 1. The number of pyridine rings is 1. The summed E-state index contributed by atoms with van der Waals surface area (Å²) in [6.45, 7) is 3.28. The zero-order valence-corrected chi connectivity index (χ0v) is 10.9. The highest BCUT2D eigenvalue weighted by Gasteiger charge is 2.25. The third kappa shape index (κ3) is 2.88. The summed E-state index contributed by atoms with van der Waals surface area (Å²) >= 11 is 0. The number of likely N-dealkylation sites (tertiary alicyclic amines) is 1.